The predicted molar refractivity (Wildman–Crippen MR) is 85.6 cm³/mol. The molecule has 114 valence electrons. The second kappa shape index (κ2) is 5.90. The van der Waals surface area contributed by atoms with Crippen LogP contribution in [0, 0.1) is 5.41 Å². The molecule has 4 nitrogen and oxygen atoms in total. The second-order valence-electron chi connectivity index (χ2n) is 6.71. The van der Waals surface area contributed by atoms with E-state index >= 15 is 0 Å². The largest absolute Gasteiger partial charge is 0.426 e. The molecule has 0 atom stereocenters. The zero-order valence-corrected chi connectivity index (χ0v) is 13.5. The van der Waals surface area contributed by atoms with Crippen molar-refractivity contribution >= 4 is 16.9 Å². The molecule has 1 aromatic carbocycles. The Morgan fingerprint density at radius 3 is 2.62 bits per heavy atom. The molecule has 0 unspecified atom stereocenters. The average Bonchev–Trinajstić information content (AvgIpc) is 2.77. The quantitative estimate of drug-likeness (QED) is 0.694. The topological polar surface area (TPSA) is 45.3 Å². The Balaban J connectivity index is 2.23. The third kappa shape index (κ3) is 3.85. The van der Waals surface area contributed by atoms with E-state index in [1.807, 2.05) is 45.2 Å². The lowest BCUT2D eigenvalue weighted by Gasteiger charge is -2.16. The highest BCUT2D eigenvalue weighted by atomic mass is 16.5. The molecule has 0 saturated heterocycles. The molecule has 0 fully saturated rings. The fraction of sp³-hybridized carbons (Fsp3) is 0.471. The van der Waals surface area contributed by atoms with Crippen molar-refractivity contribution < 1.29 is 9.53 Å². The van der Waals surface area contributed by atoms with Crippen molar-refractivity contribution in [3.63, 3.8) is 0 Å². The van der Waals surface area contributed by atoms with Gasteiger partial charge >= 0.3 is 5.97 Å². The normalized spacial score (nSPS) is 12.1. The summed E-state index contributed by atoms with van der Waals surface area (Å²) < 4.78 is 5.47. The molecule has 0 aliphatic heterocycles. The molecule has 0 aliphatic rings. The molecule has 21 heavy (non-hydrogen) atoms. The van der Waals surface area contributed by atoms with Crippen LogP contribution in [0.1, 0.15) is 26.3 Å². The number of hydrogen-bond acceptors (Lipinski definition) is 3. The van der Waals surface area contributed by atoms with E-state index in [1.54, 1.807) is 0 Å². The van der Waals surface area contributed by atoms with Crippen molar-refractivity contribution in [2.75, 3.05) is 20.6 Å². The van der Waals surface area contributed by atoms with Crippen LogP contribution in [0.3, 0.4) is 0 Å². The summed E-state index contributed by atoms with van der Waals surface area (Å²) in [4.78, 5) is 17.4. The van der Waals surface area contributed by atoms with Crippen LogP contribution in [0.5, 0.6) is 5.75 Å². The number of aromatic amines is 1. The maximum Gasteiger partial charge on any atom is 0.316 e. The number of ether oxygens (including phenoxy) is 1. The van der Waals surface area contributed by atoms with E-state index < -0.39 is 5.41 Å². The minimum Gasteiger partial charge on any atom is -0.426 e. The van der Waals surface area contributed by atoms with Crippen LogP contribution in [0.15, 0.2) is 24.4 Å². The second-order valence-corrected chi connectivity index (χ2v) is 6.71. The van der Waals surface area contributed by atoms with Gasteiger partial charge in [-0.1, -0.05) is 0 Å². The number of H-pyrrole nitrogens is 1. The van der Waals surface area contributed by atoms with Crippen LogP contribution in [-0.4, -0.2) is 36.5 Å². The van der Waals surface area contributed by atoms with Gasteiger partial charge in [-0.3, -0.25) is 4.79 Å². The summed E-state index contributed by atoms with van der Waals surface area (Å²) in [5, 5.41) is 1.12. The molecule has 0 amide bonds. The number of nitrogens with zero attached hydrogens (tertiary/aromatic N) is 1. The lowest BCUT2D eigenvalue weighted by atomic mass is 9.97. The van der Waals surface area contributed by atoms with Crippen molar-refractivity contribution in [2.45, 2.75) is 27.2 Å². The molecule has 0 saturated carbocycles. The molecule has 0 bridgehead atoms. The van der Waals surface area contributed by atoms with E-state index in [0.29, 0.717) is 5.75 Å². The highest BCUT2D eigenvalue weighted by Gasteiger charge is 2.23. The van der Waals surface area contributed by atoms with Gasteiger partial charge in [0.2, 0.25) is 0 Å². The zero-order valence-electron chi connectivity index (χ0n) is 13.5. The molecule has 2 rings (SSSR count). The van der Waals surface area contributed by atoms with E-state index in [9.17, 15) is 4.79 Å². The fourth-order valence-corrected chi connectivity index (χ4v) is 2.03. The minimum absolute atomic E-state index is 0.216. The molecule has 4 heteroatoms. The maximum absolute atomic E-state index is 12.0. The standard InChI is InChI=1S/C17H24N2O2/c1-17(2,3)16(20)21-13-6-7-15-14(10-13)12(11-18-15)8-9-19(4)5/h6-7,10-11,18H,8-9H2,1-5H3. The van der Waals surface area contributed by atoms with Gasteiger partial charge in [0.1, 0.15) is 5.75 Å². The Kier molecular flexibility index (Phi) is 4.37. The number of fused-ring (bicyclic) bond motifs is 1. The van der Waals surface area contributed by atoms with E-state index in [4.69, 9.17) is 4.74 Å². The maximum atomic E-state index is 12.0. The van der Waals surface area contributed by atoms with Gasteiger partial charge in [0.25, 0.3) is 0 Å². The summed E-state index contributed by atoms with van der Waals surface area (Å²) in [6.45, 7) is 6.55. The van der Waals surface area contributed by atoms with E-state index in [0.717, 1.165) is 23.9 Å². The highest BCUT2D eigenvalue weighted by Crippen LogP contribution is 2.26. The van der Waals surface area contributed by atoms with Crippen molar-refractivity contribution in [3.05, 3.63) is 30.0 Å². The van der Waals surface area contributed by atoms with Crippen LogP contribution in [0.4, 0.5) is 0 Å². The van der Waals surface area contributed by atoms with Crippen LogP contribution in [0.25, 0.3) is 10.9 Å². The number of likely N-dealkylation sites (N-methyl/N-ethyl adjacent to an activating group) is 1. The number of nitrogens with one attached hydrogen (secondary N) is 1. The molecule has 2 aromatic rings. The molecule has 0 radical (unpaired) electrons. The third-order valence-electron chi connectivity index (χ3n) is 3.39. The van der Waals surface area contributed by atoms with Gasteiger partial charge < -0.3 is 14.6 Å². The molecular weight excluding hydrogens is 264 g/mol. The van der Waals surface area contributed by atoms with Gasteiger partial charge in [-0.05, 0) is 65.0 Å². The first-order valence-electron chi connectivity index (χ1n) is 7.24. The van der Waals surface area contributed by atoms with Crippen molar-refractivity contribution in [1.29, 1.82) is 0 Å². The SMILES string of the molecule is CN(C)CCc1c[nH]c2ccc(OC(=O)C(C)(C)C)cc12. The number of hydrogen-bond donors (Lipinski definition) is 1. The predicted octanol–water partition coefficient (Wildman–Crippen LogP) is 3.22. The number of esters is 1. The van der Waals surface area contributed by atoms with Crippen LogP contribution in [0.2, 0.25) is 0 Å². The number of carbonyl (C=O) groups is 1. The molecular formula is C17H24N2O2. The fourth-order valence-electron chi connectivity index (χ4n) is 2.03. The lowest BCUT2D eigenvalue weighted by molar-refractivity contribution is -0.142. The van der Waals surface area contributed by atoms with Gasteiger partial charge in [0.15, 0.2) is 0 Å². The number of carbonyl (C=O) groups excluding carboxylic acids is 1. The van der Waals surface area contributed by atoms with Crippen LogP contribution < -0.4 is 4.74 Å². The summed E-state index contributed by atoms with van der Waals surface area (Å²) in [7, 11) is 4.12. The summed E-state index contributed by atoms with van der Waals surface area (Å²) in [5.74, 6) is 0.389. The monoisotopic (exact) mass is 288 g/mol. The van der Waals surface area contributed by atoms with Gasteiger partial charge in [-0.15, -0.1) is 0 Å². The first kappa shape index (κ1) is 15.6. The van der Waals surface area contributed by atoms with Gasteiger partial charge in [-0.2, -0.15) is 0 Å². The van der Waals surface area contributed by atoms with Crippen molar-refractivity contribution in [3.8, 4) is 5.75 Å². The van der Waals surface area contributed by atoms with E-state index in [1.165, 1.54) is 5.56 Å². The number of aromatic nitrogens is 1. The average molecular weight is 288 g/mol. The number of rotatable bonds is 4. The van der Waals surface area contributed by atoms with E-state index in [2.05, 4.69) is 24.0 Å². The molecule has 1 heterocycles. The van der Waals surface area contributed by atoms with Crippen LogP contribution in [-0.2, 0) is 11.2 Å². The third-order valence-corrected chi connectivity index (χ3v) is 3.39. The van der Waals surface area contributed by atoms with Crippen molar-refractivity contribution in [2.24, 2.45) is 5.41 Å². The Bertz CT molecular complexity index is 636. The van der Waals surface area contributed by atoms with Crippen LogP contribution >= 0.6 is 0 Å². The summed E-state index contributed by atoms with van der Waals surface area (Å²) in [6.07, 6.45) is 2.99. The minimum atomic E-state index is -0.499. The summed E-state index contributed by atoms with van der Waals surface area (Å²) in [5.41, 5.74) is 1.81. The van der Waals surface area contributed by atoms with Gasteiger partial charge in [-0.25, -0.2) is 0 Å². The van der Waals surface area contributed by atoms with Crippen molar-refractivity contribution in [1.82, 2.24) is 9.88 Å². The Hall–Kier alpha value is -1.81. The van der Waals surface area contributed by atoms with E-state index in [-0.39, 0.29) is 5.97 Å². The highest BCUT2D eigenvalue weighted by molar-refractivity contribution is 5.86. The zero-order chi connectivity index (χ0) is 15.6. The van der Waals surface area contributed by atoms with Gasteiger partial charge in [0.05, 0.1) is 5.41 Å². The first-order valence-corrected chi connectivity index (χ1v) is 7.24. The Labute approximate surface area is 126 Å². The summed E-state index contributed by atoms with van der Waals surface area (Å²) in [6, 6.07) is 5.73. The molecule has 1 N–H and O–H groups in total. The molecule has 0 aliphatic carbocycles. The van der Waals surface area contributed by atoms with Gasteiger partial charge in [0, 0.05) is 23.6 Å². The summed E-state index contributed by atoms with van der Waals surface area (Å²) >= 11 is 0. The Morgan fingerprint density at radius 2 is 2.00 bits per heavy atom. The Morgan fingerprint density at radius 1 is 1.29 bits per heavy atom. The number of benzene rings is 1. The smallest absolute Gasteiger partial charge is 0.316 e. The first-order chi connectivity index (χ1) is 9.77. The molecule has 1 aromatic heterocycles. The lowest BCUT2D eigenvalue weighted by Crippen LogP contribution is -2.25. The molecule has 0 spiro atoms.